The van der Waals surface area contributed by atoms with Gasteiger partial charge in [-0.2, -0.15) is 0 Å². The summed E-state index contributed by atoms with van der Waals surface area (Å²) in [5, 5.41) is 0. The third kappa shape index (κ3) is 4.10. The number of benzene rings is 2. The number of methoxy groups -OCH3 is 1. The van der Waals surface area contributed by atoms with Gasteiger partial charge in [-0.15, -0.1) is 0 Å². The molecule has 0 unspecified atom stereocenters. The first-order valence-corrected chi connectivity index (χ1v) is 7.16. The van der Waals surface area contributed by atoms with Gasteiger partial charge in [0.25, 0.3) is 5.91 Å². The van der Waals surface area contributed by atoms with Crippen LogP contribution in [0.15, 0.2) is 48.5 Å². The lowest BCUT2D eigenvalue weighted by atomic mass is 10.1. The Bertz CT molecular complexity index is 697. The van der Waals surface area contributed by atoms with Gasteiger partial charge in [0.1, 0.15) is 11.3 Å². The number of para-hydroxylation sites is 1. The van der Waals surface area contributed by atoms with Crippen molar-refractivity contribution in [3.63, 3.8) is 0 Å². The molecule has 23 heavy (non-hydrogen) atoms. The molecular formula is C18H19NO4. The van der Waals surface area contributed by atoms with Gasteiger partial charge in [0, 0.05) is 12.7 Å². The fourth-order valence-corrected chi connectivity index (χ4v) is 2.08. The van der Waals surface area contributed by atoms with Crippen LogP contribution < -0.4 is 9.64 Å². The van der Waals surface area contributed by atoms with E-state index in [0.717, 1.165) is 11.3 Å². The Morgan fingerprint density at radius 3 is 2.43 bits per heavy atom. The molecule has 0 atom stereocenters. The summed E-state index contributed by atoms with van der Waals surface area (Å²) in [6, 6.07) is 14.4. The highest BCUT2D eigenvalue weighted by molar-refractivity contribution is 5.97. The lowest BCUT2D eigenvalue weighted by Crippen LogP contribution is -2.31. The van der Waals surface area contributed by atoms with Crippen LogP contribution in [0.5, 0.6) is 5.75 Å². The highest BCUT2D eigenvalue weighted by Crippen LogP contribution is 2.20. The number of amides is 1. The van der Waals surface area contributed by atoms with Gasteiger partial charge in [-0.1, -0.05) is 29.8 Å². The van der Waals surface area contributed by atoms with E-state index < -0.39 is 5.97 Å². The van der Waals surface area contributed by atoms with E-state index >= 15 is 0 Å². The smallest absolute Gasteiger partial charge is 0.342 e. The zero-order valence-corrected chi connectivity index (χ0v) is 13.4. The number of esters is 1. The van der Waals surface area contributed by atoms with Gasteiger partial charge in [-0.3, -0.25) is 4.79 Å². The summed E-state index contributed by atoms with van der Waals surface area (Å²) in [6.45, 7) is 1.53. The van der Waals surface area contributed by atoms with E-state index in [-0.39, 0.29) is 12.5 Å². The van der Waals surface area contributed by atoms with Crippen molar-refractivity contribution in [2.24, 2.45) is 0 Å². The number of carbonyl (C=O) groups excluding carboxylic acids is 2. The molecule has 0 aromatic heterocycles. The number of aryl methyl sites for hydroxylation is 1. The maximum Gasteiger partial charge on any atom is 0.342 e. The first-order valence-electron chi connectivity index (χ1n) is 7.16. The topological polar surface area (TPSA) is 55.8 Å². The second-order valence-electron chi connectivity index (χ2n) is 5.07. The Labute approximate surface area is 135 Å². The van der Waals surface area contributed by atoms with E-state index in [0.29, 0.717) is 11.3 Å². The third-order valence-corrected chi connectivity index (χ3v) is 3.42. The average molecular weight is 313 g/mol. The molecule has 2 aromatic carbocycles. The predicted octanol–water partition coefficient (Wildman–Crippen LogP) is 2.82. The number of ether oxygens (including phenoxy) is 2. The number of hydrogen-bond acceptors (Lipinski definition) is 4. The number of rotatable bonds is 5. The van der Waals surface area contributed by atoms with Crippen LogP contribution in [0.2, 0.25) is 0 Å². The minimum absolute atomic E-state index is 0.308. The Morgan fingerprint density at radius 2 is 1.78 bits per heavy atom. The minimum atomic E-state index is -0.583. The molecule has 0 N–H and O–H groups in total. The van der Waals surface area contributed by atoms with E-state index in [9.17, 15) is 9.59 Å². The van der Waals surface area contributed by atoms with Crippen LogP contribution in [-0.2, 0) is 9.53 Å². The molecule has 0 heterocycles. The van der Waals surface area contributed by atoms with Crippen LogP contribution >= 0.6 is 0 Å². The first kappa shape index (κ1) is 16.5. The summed E-state index contributed by atoms with van der Waals surface area (Å²) >= 11 is 0. The van der Waals surface area contributed by atoms with Crippen molar-refractivity contribution < 1.29 is 19.1 Å². The van der Waals surface area contributed by atoms with Gasteiger partial charge in [0.15, 0.2) is 6.61 Å². The molecule has 2 rings (SSSR count). The monoisotopic (exact) mass is 313 g/mol. The molecule has 0 radical (unpaired) electrons. The Morgan fingerprint density at radius 1 is 1.09 bits per heavy atom. The molecule has 5 heteroatoms. The van der Waals surface area contributed by atoms with E-state index in [1.54, 1.807) is 19.2 Å². The SMILES string of the molecule is COc1ccc(C)cc1C(=O)OCC(=O)N(C)c1ccccc1. The van der Waals surface area contributed by atoms with Gasteiger partial charge in [-0.25, -0.2) is 4.79 Å². The van der Waals surface area contributed by atoms with Gasteiger partial charge >= 0.3 is 5.97 Å². The van der Waals surface area contributed by atoms with Gasteiger partial charge in [-0.05, 0) is 31.2 Å². The highest BCUT2D eigenvalue weighted by Gasteiger charge is 2.17. The van der Waals surface area contributed by atoms with Crippen LogP contribution in [0.25, 0.3) is 0 Å². The van der Waals surface area contributed by atoms with Gasteiger partial charge in [0.05, 0.1) is 7.11 Å². The number of nitrogens with zero attached hydrogens (tertiary/aromatic N) is 1. The van der Waals surface area contributed by atoms with Gasteiger partial charge in [0.2, 0.25) is 0 Å². The molecule has 2 aromatic rings. The summed E-state index contributed by atoms with van der Waals surface area (Å²) < 4.78 is 10.3. The van der Waals surface area contributed by atoms with E-state index in [4.69, 9.17) is 9.47 Å². The zero-order chi connectivity index (χ0) is 16.8. The van der Waals surface area contributed by atoms with Crippen LogP contribution in [0.4, 0.5) is 5.69 Å². The van der Waals surface area contributed by atoms with Crippen LogP contribution in [0.3, 0.4) is 0 Å². The maximum atomic E-state index is 12.2. The van der Waals surface area contributed by atoms with Crippen molar-refractivity contribution >= 4 is 17.6 Å². The van der Waals surface area contributed by atoms with Crippen molar-refractivity contribution in [1.82, 2.24) is 0 Å². The number of anilines is 1. The largest absolute Gasteiger partial charge is 0.496 e. The lowest BCUT2D eigenvalue weighted by molar-refractivity contribution is -0.121. The molecule has 0 aliphatic rings. The van der Waals surface area contributed by atoms with Crippen molar-refractivity contribution in [2.45, 2.75) is 6.92 Å². The second kappa shape index (κ2) is 7.45. The van der Waals surface area contributed by atoms with Crippen molar-refractivity contribution in [3.05, 3.63) is 59.7 Å². The van der Waals surface area contributed by atoms with E-state index in [1.165, 1.54) is 12.0 Å². The molecule has 0 aliphatic heterocycles. The molecule has 0 bridgehead atoms. The van der Waals surface area contributed by atoms with Crippen molar-refractivity contribution in [2.75, 3.05) is 25.7 Å². The lowest BCUT2D eigenvalue weighted by Gasteiger charge is -2.17. The first-order chi connectivity index (χ1) is 11.0. The standard InChI is InChI=1S/C18H19NO4/c1-13-9-10-16(22-3)15(11-13)18(21)23-12-17(20)19(2)14-7-5-4-6-8-14/h4-11H,12H2,1-3H3. The average Bonchev–Trinajstić information content (AvgIpc) is 2.59. The molecule has 1 amide bonds. The van der Waals surface area contributed by atoms with Crippen LogP contribution in [-0.4, -0.2) is 32.6 Å². The fourth-order valence-electron chi connectivity index (χ4n) is 2.08. The molecule has 5 nitrogen and oxygen atoms in total. The van der Waals surface area contributed by atoms with E-state index in [2.05, 4.69) is 0 Å². The van der Waals surface area contributed by atoms with Crippen molar-refractivity contribution in [1.29, 1.82) is 0 Å². The van der Waals surface area contributed by atoms with Crippen LogP contribution in [0, 0.1) is 6.92 Å². The molecular weight excluding hydrogens is 294 g/mol. The highest BCUT2D eigenvalue weighted by atomic mass is 16.5. The molecule has 120 valence electrons. The number of carbonyl (C=O) groups is 2. The summed E-state index contributed by atoms with van der Waals surface area (Å²) in [6.07, 6.45) is 0. The Hall–Kier alpha value is -2.82. The Balaban J connectivity index is 2.02. The molecule has 0 aliphatic carbocycles. The maximum absolute atomic E-state index is 12.2. The van der Waals surface area contributed by atoms with Crippen LogP contribution in [0.1, 0.15) is 15.9 Å². The second-order valence-corrected chi connectivity index (χ2v) is 5.07. The summed E-state index contributed by atoms with van der Waals surface area (Å²) in [5.74, 6) is -0.471. The third-order valence-electron chi connectivity index (χ3n) is 3.42. The Kier molecular flexibility index (Phi) is 5.36. The molecule has 0 saturated carbocycles. The fraction of sp³-hybridized carbons (Fsp3) is 0.222. The van der Waals surface area contributed by atoms with Crippen molar-refractivity contribution in [3.8, 4) is 5.75 Å². The minimum Gasteiger partial charge on any atom is -0.496 e. The number of likely N-dealkylation sites (N-methyl/N-ethyl adjacent to an activating group) is 1. The quantitative estimate of drug-likeness (QED) is 0.797. The summed E-state index contributed by atoms with van der Waals surface area (Å²) in [7, 11) is 3.12. The molecule has 0 saturated heterocycles. The zero-order valence-electron chi connectivity index (χ0n) is 13.4. The summed E-state index contributed by atoms with van der Waals surface area (Å²) in [5.41, 5.74) is 1.95. The molecule has 0 fully saturated rings. The molecule has 0 spiro atoms. The predicted molar refractivity (Wildman–Crippen MR) is 87.9 cm³/mol. The van der Waals surface area contributed by atoms with E-state index in [1.807, 2.05) is 43.3 Å². The normalized spacial score (nSPS) is 10.0. The van der Waals surface area contributed by atoms with Gasteiger partial charge < -0.3 is 14.4 Å². The summed E-state index contributed by atoms with van der Waals surface area (Å²) in [4.78, 5) is 25.7. The number of hydrogen-bond donors (Lipinski definition) is 0.